The summed E-state index contributed by atoms with van der Waals surface area (Å²) in [5.41, 5.74) is 2.13. The fraction of sp³-hybridized carbons (Fsp3) is 0.174. The van der Waals surface area contributed by atoms with Crippen molar-refractivity contribution in [2.75, 3.05) is 13.2 Å². The fourth-order valence-electron chi connectivity index (χ4n) is 3.40. The summed E-state index contributed by atoms with van der Waals surface area (Å²) in [5.74, 6) is -1.21. The Labute approximate surface area is 189 Å². The number of hydrogen-bond acceptors (Lipinski definition) is 7. The quantitative estimate of drug-likeness (QED) is 0.533. The van der Waals surface area contributed by atoms with E-state index in [2.05, 4.69) is 20.8 Å². The Morgan fingerprint density at radius 1 is 0.970 bits per heavy atom. The smallest absolute Gasteiger partial charge is 0.338 e. The second kappa shape index (κ2) is 9.77. The van der Waals surface area contributed by atoms with E-state index in [-0.39, 0.29) is 24.5 Å². The number of hydrogen-bond donors (Lipinski definition) is 2. The summed E-state index contributed by atoms with van der Waals surface area (Å²) in [6.45, 7) is 1.54. The number of benzene rings is 2. The van der Waals surface area contributed by atoms with Gasteiger partial charge in [0, 0.05) is 5.69 Å². The molecular weight excluding hydrogens is 426 g/mol. The zero-order chi connectivity index (χ0) is 23.2. The average Bonchev–Trinajstić information content (AvgIpc) is 3.38. The van der Waals surface area contributed by atoms with Crippen LogP contribution < -0.4 is 10.6 Å². The summed E-state index contributed by atoms with van der Waals surface area (Å²) in [6, 6.07) is 14.4. The Kier molecular flexibility index (Phi) is 6.44. The highest BCUT2D eigenvalue weighted by Gasteiger charge is 2.34. The van der Waals surface area contributed by atoms with Crippen molar-refractivity contribution in [1.29, 1.82) is 0 Å². The summed E-state index contributed by atoms with van der Waals surface area (Å²) in [7, 11) is 0. The van der Waals surface area contributed by atoms with Crippen molar-refractivity contribution in [2.24, 2.45) is 0 Å². The van der Waals surface area contributed by atoms with E-state index >= 15 is 0 Å². The molecule has 1 aromatic heterocycles. The van der Waals surface area contributed by atoms with Crippen LogP contribution in [0.1, 0.15) is 28.9 Å². The Morgan fingerprint density at radius 2 is 1.67 bits per heavy atom. The molecule has 10 nitrogen and oxygen atoms in total. The second-order valence-corrected chi connectivity index (χ2v) is 7.05. The van der Waals surface area contributed by atoms with Crippen LogP contribution in [0.5, 0.6) is 0 Å². The van der Waals surface area contributed by atoms with Crippen molar-refractivity contribution >= 4 is 18.0 Å². The lowest BCUT2D eigenvalue weighted by atomic mass is 9.95. The maximum atomic E-state index is 12.7. The van der Waals surface area contributed by atoms with Crippen molar-refractivity contribution in [3.63, 3.8) is 0 Å². The first-order valence-corrected chi connectivity index (χ1v) is 10.2. The van der Waals surface area contributed by atoms with E-state index in [0.717, 1.165) is 5.69 Å². The Hall–Kier alpha value is -4.47. The number of nitrogens with one attached hydrogen (secondary N) is 2. The Bertz CT molecular complexity index is 1170. The molecule has 0 unspecified atom stereocenters. The molecule has 0 saturated heterocycles. The molecule has 1 aliphatic heterocycles. The van der Waals surface area contributed by atoms with E-state index in [1.807, 2.05) is 6.07 Å². The fourth-order valence-corrected chi connectivity index (χ4v) is 3.40. The van der Waals surface area contributed by atoms with Crippen molar-refractivity contribution < 1.29 is 23.9 Å². The molecule has 168 valence electrons. The first-order valence-electron chi connectivity index (χ1n) is 10.2. The minimum atomic E-state index is -0.740. The highest BCUT2D eigenvalue weighted by molar-refractivity contribution is 5.95. The lowest BCUT2D eigenvalue weighted by molar-refractivity contribution is -0.139. The monoisotopic (exact) mass is 447 g/mol. The van der Waals surface area contributed by atoms with Gasteiger partial charge in [0.25, 0.3) is 0 Å². The number of urea groups is 1. The third kappa shape index (κ3) is 4.90. The molecule has 0 radical (unpaired) electrons. The van der Waals surface area contributed by atoms with Gasteiger partial charge in [0.15, 0.2) is 0 Å². The topological polar surface area (TPSA) is 124 Å². The van der Waals surface area contributed by atoms with Crippen LogP contribution in [0.25, 0.3) is 5.69 Å². The summed E-state index contributed by atoms with van der Waals surface area (Å²) in [6.07, 6.45) is 3.08. The summed E-state index contributed by atoms with van der Waals surface area (Å²) < 4.78 is 12.3. The molecule has 3 aromatic rings. The van der Waals surface area contributed by atoms with Crippen LogP contribution in [-0.2, 0) is 14.3 Å². The van der Waals surface area contributed by atoms with Crippen molar-refractivity contribution in [2.45, 2.75) is 13.0 Å². The summed E-state index contributed by atoms with van der Waals surface area (Å²) in [5, 5.41) is 12.8. The minimum Gasteiger partial charge on any atom is -0.463 e. The van der Waals surface area contributed by atoms with Crippen LogP contribution in [0, 0.1) is 0 Å². The SMILES string of the molecule is CCOC(=O)C1=C(COC(=O)c2ccc(-n3cnnc3)cc2)NC(=O)N[C@H]1c1ccccc1. The molecule has 33 heavy (non-hydrogen) atoms. The predicted octanol–water partition coefficient (Wildman–Crippen LogP) is 2.30. The van der Waals surface area contributed by atoms with Crippen molar-refractivity contribution in [3.05, 3.63) is 89.6 Å². The lowest BCUT2D eigenvalue weighted by Gasteiger charge is -2.29. The average molecular weight is 447 g/mol. The first-order chi connectivity index (χ1) is 16.1. The van der Waals surface area contributed by atoms with E-state index in [9.17, 15) is 14.4 Å². The number of nitrogens with zero attached hydrogens (tertiary/aromatic N) is 3. The minimum absolute atomic E-state index is 0.156. The number of carbonyl (C=O) groups excluding carboxylic acids is 3. The van der Waals surface area contributed by atoms with Gasteiger partial charge >= 0.3 is 18.0 Å². The molecule has 10 heteroatoms. The summed E-state index contributed by atoms with van der Waals surface area (Å²) in [4.78, 5) is 37.6. The highest BCUT2D eigenvalue weighted by Crippen LogP contribution is 2.28. The van der Waals surface area contributed by atoms with E-state index in [4.69, 9.17) is 9.47 Å². The molecule has 4 rings (SSSR count). The standard InChI is InChI=1S/C23H21N5O5/c1-2-32-22(30)19-18(26-23(31)27-20(19)15-6-4-3-5-7-15)12-33-21(29)16-8-10-17(11-9-16)28-13-24-25-14-28/h3-11,13-14,20H,2,12H2,1H3,(H2,26,27,31)/t20-/m0/s1. The van der Waals surface area contributed by atoms with Crippen LogP contribution >= 0.6 is 0 Å². The molecule has 0 saturated carbocycles. The molecule has 2 N–H and O–H groups in total. The van der Waals surface area contributed by atoms with Gasteiger partial charge in [0.1, 0.15) is 19.3 Å². The van der Waals surface area contributed by atoms with Crippen LogP contribution in [-0.4, -0.2) is 45.9 Å². The number of carbonyl (C=O) groups is 3. The van der Waals surface area contributed by atoms with Gasteiger partial charge < -0.3 is 20.1 Å². The normalized spacial score (nSPS) is 15.4. The molecule has 2 heterocycles. The van der Waals surface area contributed by atoms with E-state index in [0.29, 0.717) is 11.1 Å². The molecule has 1 atom stereocenters. The molecule has 0 aliphatic carbocycles. The van der Waals surface area contributed by atoms with E-state index in [1.54, 1.807) is 72.7 Å². The predicted molar refractivity (Wildman–Crippen MR) is 116 cm³/mol. The molecular formula is C23H21N5O5. The van der Waals surface area contributed by atoms with Crippen LogP contribution in [0.3, 0.4) is 0 Å². The number of amides is 2. The van der Waals surface area contributed by atoms with Gasteiger partial charge in [0.2, 0.25) is 0 Å². The maximum Gasteiger partial charge on any atom is 0.338 e. The highest BCUT2D eigenvalue weighted by atomic mass is 16.5. The largest absolute Gasteiger partial charge is 0.463 e. The third-order valence-corrected chi connectivity index (χ3v) is 4.95. The zero-order valence-corrected chi connectivity index (χ0v) is 17.7. The number of ether oxygens (including phenoxy) is 2. The lowest BCUT2D eigenvalue weighted by Crippen LogP contribution is -2.47. The molecule has 0 bridgehead atoms. The first kappa shape index (κ1) is 21.8. The molecule has 2 aromatic carbocycles. The second-order valence-electron chi connectivity index (χ2n) is 7.05. The number of rotatable bonds is 7. The van der Waals surface area contributed by atoms with Gasteiger partial charge in [-0.2, -0.15) is 0 Å². The van der Waals surface area contributed by atoms with Gasteiger partial charge in [-0.25, -0.2) is 14.4 Å². The van der Waals surface area contributed by atoms with Crippen LogP contribution in [0.4, 0.5) is 4.79 Å². The van der Waals surface area contributed by atoms with Gasteiger partial charge in [-0.3, -0.25) is 4.57 Å². The summed E-state index contributed by atoms with van der Waals surface area (Å²) >= 11 is 0. The van der Waals surface area contributed by atoms with E-state index in [1.165, 1.54) is 0 Å². The molecule has 0 fully saturated rings. The van der Waals surface area contributed by atoms with Gasteiger partial charge in [-0.1, -0.05) is 30.3 Å². The Balaban J connectivity index is 1.56. The van der Waals surface area contributed by atoms with Gasteiger partial charge in [-0.15, -0.1) is 10.2 Å². The Morgan fingerprint density at radius 3 is 2.33 bits per heavy atom. The van der Waals surface area contributed by atoms with Crippen molar-refractivity contribution in [1.82, 2.24) is 25.4 Å². The number of aromatic nitrogens is 3. The van der Waals surface area contributed by atoms with Crippen LogP contribution in [0.2, 0.25) is 0 Å². The molecule has 0 spiro atoms. The van der Waals surface area contributed by atoms with Crippen LogP contribution in [0.15, 0.2) is 78.5 Å². The van der Waals surface area contributed by atoms with Crippen molar-refractivity contribution in [3.8, 4) is 5.69 Å². The maximum absolute atomic E-state index is 12.7. The molecule has 1 aliphatic rings. The third-order valence-electron chi connectivity index (χ3n) is 4.95. The van der Waals surface area contributed by atoms with Gasteiger partial charge in [-0.05, 0) is 36.8 Å². The number of esters is 2. The molecule has 2 amide bonds. The zero-order valence-electron chi connectivity index (χ0n) is 17.7. The van der Waals surface area contributed by atoms with Gasteiger partial charge in [0.05, 0.1) is 29.5 Å². The van der Waals surface area contributed by atoms with E-state index < -0.39 is 24.0 Å².